The van der Waals surface area contributed by atoms with Gasteiger partial charge in [-0.3, -0.25) is 0 Å². The number of hydrogen-bond acceptors (Lipinski definition) is 0. The average molecular weight is 256 g/mol. The Morgan fingerprint density at radius 3 is 2.30 bits per heavy atom. The van der Waals surface area contributed by atoms with Crippen molar-refractivity contribution in [2.24, 2.45) is 0 Å². The van der Waals surface area contributed by atoms with Gasteiger partial charge in [0.25, 0.3) is 0 Å². The molecule has 0 bridgehead atoms. The normalized spacial score (nSPS) is 17.1. The van der Waals surface area contributed by atoms with Crippen molar-refractivity contribution in [3.8, 4) is 0 Å². The maximum atomic E-state index is 2.34. The summed E-state index contributed by atoms with van der Waals surface area (Å²) < 4.78 is 0. The fourth-order valence-corrected chi connectivity index (χ4v) is 3.42. The Bertz CT molecular complexity index is 805. The van der Waals surface area contributed by atoms with Crippen LogP contribution in [0.4, 0.5) is 0 Å². The van der Waals surface area contributed by atoms with Crippen LogP contribution < -0.4 is 0 Å². The van der Waals surface area contributed by atoms with E-state index in [0.29, 0.717) is 5.92 Å². The molecule has 0 spiro atoms. The fourth-order valence-electron chi connectivity index (χ4n) is 3.42. The van der Waals surface area contributed by atoms with Crippen LogP contribution in [0, 0.1) is 0 Å². The predicted molar refractivity (Wildman–Crippen MR) is 85.9 cm³/mol. The van der Waals surface area contributed by atoms with Crippen LogP contribution in [0.1, 0.15) is 29.5 Å². The predicted octanol–water partition coefficient (Wildman–Crippen LogP) is 5.39. The third kappa shape index (κ3) is 1.61. The molecule has 0 aliphatic heterocycles. The second-order valence-electron chi connectivity index (χ2n) is 5.52. The van der Waals surface area contributed by atoms with Crippen LogP contribution in [0.15, 0.2) is 72.3 Å². The van der Waals surface area contributed by atoms with E-state index in [1.807, 2.05) is 0 Å². The molecule has 20 heavy (non-hydrogen) atoms. The fraction of sp³-hybridized carbons (Fsp3) is 0.100. The van der Waals surface area contributed by atoms with Crippen LogP contribution in [-0.2, 0) is 0 Å². The first-order valence-electron chi connectivity index (χ1n) is 7.09. The monoisotopic (exact) mass is 256 g/mol. The molecule has 1 aliphatic carbocycles. The van der Waals surface area contributed by atoms with Crippen molar-refractivity contribution >= 4 is 16.8 Å². The molecule has 0 radical (unpaired) electrons. The third-order valence-electron chi connectivity index (χ3n) is 4.25. The highest BCUT2D eigenvalue weighted by atomic mass is 14.3. The molecule has 1 unspecified atom stereocenters. The molecule has 0 heteroatoms. The van der Waals surface area contributed by atoms with Gasteiger partial charge < -0.3 is 0 Å². The van der Waals surface area contributed by atoms with Crippen LogP contribution in [0.3, 0.4) is 0 Å². The molecule has 0 fully saturated rings. The molecule has 0 N–H and O–H groups in total. The molecule has 0 amide bonds. The molecular formula is C20H16. The quantitative estimate of drug-likeness (QED) is 0.547. The maximum Gasteiger partial charge on any atom is 0.0305 e. The van der Waals surface area contributed by atoms with Gasteiger partial charge in [-0.15, -0.1) is 0 Å². The summed E-state index contributed by atoms with van der Waals surface area (Å²) in [4.78, 5) is 0. The molecular weight excluding hydrogens is 240 g/mol. The zero-order valence-electron chi connectivity index (χ0n) is 11.5. The summed E-state index contributed by atoms with van der Waals surface area (Å²) in [6.07, 6.45) is 2.34. The lowest BCUT2D eigenvalue weighted by molar-refractivity contribution is 0.959. The van der Waals surface area contributed by atoms with Crippen molar-refractivity contribution < 1.29 is 0 Å². The molecule has 0 saturated heterocycles. The van der Waals surface area contributed by atoms with Crippen LogP contribution >= 0.6 is 0 Å². The summed E-state index contributed by atoms with van der Waals surface area (Å²) in [5, 5.41) is 2.75. The van der Waals surface area contributed by atoms with Gasteiger partial charge in [0.2, 0.25) is 0 Å². The molecule has 1 atom stereocenters. The zero-order valence-corrected chi connectivity index (χ0v) is 11.5. The van der Waals surface area contributed by atoms with Crippen molar-refractivity contribution in [2.45, 2.75) is 12.8 Å². The third-order valence-corrected chi connectivity index (χ3v) is 4.25. The van der Waals surface area contributed by atoms with Crippen molar-refractivity contribution in [2.75, 3.05) is 0 Å². The first-order chi connectivity index (χ1) is 9.84. The van der Waals surface area contributed by atoms with Crippen molar-refractivity contribution in [1.29, 1.82) is 0 Å². The Morgan fingerprint density at radius 2 is 1.50 bits per heavy atom. The largest absolute Gasteiger partial charge is 0.0622 e. The lowest BCUT2D eigenvalue weighted by atomic mass is 9.78. The van der Waals surface area contributed by atoms with Crippen molar-refractivity contribution in [1.82, 2.24) is 0 Å². The smallest absolute Gasteiger partial charge is 0.0305 e. The SMILES string of the molecule is CC1=Cc2cccc3cccc(c23)C1c1ccccc1. The zero-order chi connectivity index (χ0) is 13.5. The maximum absolute atomic E-state index is 2.34. The van der Waals surface area contributed by atoms with Gasteiger partial charge in [0.15, 0.2) is 0 Å². The Kier molecular flexibility index (Phi) is 2.50. The van der Waals surface area contributed by atoms with Crippen LogP contribution in [-0.4, -0.2) is 0 Å². The Morgan fingerprint density at radius 1 is 0.750 bits per heavy atom. The summed E-state index contributed by atoms with van der Waals surface area (Å²) in [7, 11) is 0. The minimum atomic E-state index is 0.384. The lowest BCUT2D eigenvalue weighted by Crippen LogP contribution is -2.07. The second kappa shape index (κ2) is 4.35. The molecule has 0 heterocycles. The Labute approximate surface area is 119 Å². The van der Waals surface area contributed by atoms with Crippen LogP contribution in [0.5, 0.6) is 0 Å². The van der Waals surface area contributed by atoms with E-state index in [0.717, 1.165) is 0 Å². The molecule has 3 aromatic rings. The summed E-state index contributed by atoms with van der Waals surface area (Å²) in [6, 6.07) is 24.0. The van der Waals surface area contributed by atoms with Crippen molar-refractivity contribution in [3.63, 3.8) is 0 Å². The van der Waals surface area contributed by atoms with E-state index in [2.05, 4.69) is 79.7 Å². The van der Waals surface area contributed by atoms with E-state index in [-0.39, 0.29) is 0 Å². The second-order valence-corrected chi connectivity index (χ2v) is 5.52. The van der Waals surface area contributed by atoms with Gasteiger partial charge in [-0.2, -0.15) is 0 Å². The van der Waals surface area contributed by atoms with Crippen molar-refractivity contribution in [3.05, 3.63) is 89.0 Å². The van der Waals surface area contributed by atoms with E-state index < -0.39 is 0 Å². The van der Waals surface area contributed by atoms with E-state index >= 15 is 0 Å². The van der Waals surface area contributed by atoms with Gasteiger partial charge in [0.05, 0.1) is 0 Å². The molecule has 1 aliphatic rings. The Balaban J connectivity index is 2.05. The van der Waals surface area contributed by atoms with Crippen LogP contribution in [0.25, 0.3) is 16.8 Å². The van der Waals surface area contributed by atoms with Gasteiger partial charge >= 0.3 is 0 Å². The van der Waals surface area contributed by atoms with E-state index in [9.17, 15) is 0 Å². The van der Waals surface area contributed by atoms with Crippen LogP contribution in [0.2, 0.25) is 0 Å². The summed E-state index contributed by atoms with van der Waals surface area (Å²) in [6.45, 7) is 2.24. The minimum absolute atomic E-state index is 0.384. The number of benzene rings is 3. The molecule has 3 aromatic carbocycles. The molecule has 96 valence electrons. The minimum Gasteiger partial charge on any atom is -0.0622 e. The van der Waals surface area contributed by atoms with E-state index in [1.165, 1.54) is 33.0 Å². The average Bonchev–Trinajstić information content (AvgIpc) is 2.49. The topological polar surface area (TPSA) is 0 Å². The summed E-state index contributed by atoms with van der Waals surface area (Å²) in [5.74, 6) is 0.384. The lowest BCUT2D eigenvalue weighted by Gasteiger charge is -2.26. The highest BCUT2D eigenvalue weighted by Gasteiger charge is 2.22. The summed E-state index contributed by atoms with van der Waals surface area (Å²) in [5.41, 5.74) is 5.58. The number of rotatable bonds is 1. The summed E-state index contributed by atoms with van der Waals surface area (Å²) >= 11 is 0. The number of allylic oxidation sites excluding steroid dienone is 1. The standard InChI is InChI=1S/C20H16/c1-14-13-17-11-5-9-16-10-6-12-18(20(16)17)19(14)15-7-3-2-4-8-15/h2-13,19H,1H3. The number of hydrogen-bond donors (Lipinski definition) is 0. The highest BCUT2D eigenvalue weighted by Crippen LogP contribution is 2.41. The molecule has 0 saturated carbocycles. The molecule has 0 nitrogen and oxygen atoms in total. The highest BCUT2D eigenvalue weighted by molar-refractivity contribution is 5.96. The van der Waals surface area contributed by atoms with Gasteiger partial charge in [-0.1, -0.05) is 78.4 Å². The van der Waals surface area contributed by atoms with Gasteiger partial charge in [-0.25, -0.2) is 0 Å². The molecule has 4 rings (SSSR count). The van der Waals surface area contributed by atoms with Gasteiger partial charge in [0, 0.05) is 5.92 Å². The van der Waals surface area contributed by atoms with Gasteiger partial charge in [0.1, 0.15) is 0 Å². The molecule has 0 aromatic heterocycles. The first-order valence-corrected chi connectivity index (χ1v) is 7.09. The van der Waals surface area contributed by atoms with Gasteiger partial charge in [-0.05, 0) is 34.4 Å². The Hall–Kier alpha value is -2.34. The van der Waals surface area contributed by atoms with E-state index in [4.69, 9.17) is 0 Å². The first kappa shape index (κ1) is 11.5. The van der Waals surface area contributed by atoms with E-state index in [1.54, 1.807) is 0 Å².